The van der Waals surface area contributed by atoms with Gasteiger partial charge in [-0.2, -0.15) is 0 Å². The maximum absolute atomic E-state index is 12.2. The highest BCUT2D eigenvalue weighted by Gasteiger charge is 2.39. The predicted molar refractivity (Wildman–Crippen MR) is 65.9 cm³/mol. The summed E-state index contributed by atoms with van der Waals surface area (Å²) in [6, 6.07) is 0. The van der Waals surface area contributed by atoms with E-state index in [-0.39, 0.29) is 5.91 Å². The summed E-state index contributed by atoms with van der Waals surface area (Å²) in [5.74, 6) is 0.323. The third-order valence-electron chi connectivity index (χ3n) is 3.28. The molecule has 100 valence electrons. The van der Waals surface area contributed by atoms with Crippen molar-refractivity contribution in [2.24, 2.45) is 5.92 Å². The fraction of sp³-hybridized carbons (Fsp3) is 0.917. The van der Waals surface area contributed by atoms with E-state index in [1.54, 1.807) is 14.2 Å². The maximum atomic E-state index is 12.2. The highest BCUT2D eigenvalue weighted by molar-refractivity contribution is 5.85. The van der Waals surface area contributed by atoms with Crippen LogP contribution in [0.3, 0.4) is 0 Å². The monoisotopic (exact) mass is 244 g/mol. The second-order valence-electron chi connectivity index (χ2n) is 4.72. The number of methoxy groups -OCH3 is 2. The SMILES string of the molecule is COCC(C)CNC(=O)C1(OC)CCNCC1. The molecular formula is C12H24N2O3. The number of piperidine rings is 1. The highest BCUT2D eigenvalue weighted by Crippen LogP contribution is 2.22. The largest absolute Gasteiger partial charge is 0.384 e. The van der Waals surface area contributed by atoms with Crippen LogP contribution in [0.5, 0.6) is 0 Å². The summed E-state index contributed by atoms with van der Waals surface area (Å²) in [5, 5.41) is 6.19. The van der Waals surface area contributed by atoms with Crippen molar-refractivity contribution in [2.75, 3.05) is 40.5 Å². The zero-order valence-corrected chi connectivity index (χ0v) is 11.0. The van der Waals surface area contributed by atoms with Crippen molar-refractivity contribution in [2.45, 2.75) is 25.4 Å². The van der Waals surface area contributed by atoms with Crippen molar-refractivity contribution >= 4 is 5.91 Å². The van der Waals surface area contributed by atoms with Crippen LogP contribution in [0.4, 0.5) is 0 Å². The summed E-state index contributed by atoms with van der Waals surface area (Å²) in [4.78, 5) is 12.2. The van der Waals surface area contributed by atoms with E-state index < -0.39 is 5.60 Å². The van der Waals surface area contributed by atoms with Gasteiger partial charge in [-0.15, -0.1) is 0 Å². The van der Waals surface area contributed by atoms with E-state index in [1.165, 1.54) is 0 Å². The Bertz CT molecular complexity index is 240. The Morgan fingerprint density at radius 3 is 2.59 bits per heavy atom. The predicted octanol–water partition coefficient (Wildman–Crippen LogP) is 0.154. The number of hydrogen-bond donors (Lipinski definition) is 2. The number of rotatable bonds is 6. The lowest BCUT2D eigenvalue weighted by Gasteiger charge is -2.35. The Morgan fingerprint density at radius 1 is 1.41 bits per heavy atom. The van der Waals surface area contributed by atoms with Gasteiger partial charge < -0.3 is 20.1 Å². The second kappa shape index (κ2) is 6.93. The van der Waals surface area contributed by atoms with Crippen LogP contribution >= 0.6 is 0 Å². The van der Waals surface area contributed by atoms with E-state index in [0.717, 1.165) is 25.9 Å². The first-order chi connectivity index (χ1) is 8.14. The Labute approximate surface area is 103 Å². The summed E-state index contributed by atoms with van der Waals surface area (Å²) >= 11 is 0. The smallest absolute Gasteiger partial charge is 0.252 e. The molecule has 0 aromatic heterocycles. The van der Waals surface area contributed by atoms with Crippen LogP contribution in [0.15, 0.2) is 0 Å². The molecule has 0 bridgehead atoms. The summed E-state index contributed by atoms with van der Waals surface area (Å²) in [5.41, 5.74) is -0.641. The second-order valence-corrected chi connectivity index (χ2v) is 4.72. The molecule has 1 rings (SSSR count). The lowest BCUT2D eigenvalue weighted by Crippen LogP contribution is -2.54. The van der Waals surface area contributed by atoms with Crippen LogP contribution < -0.4 is 10.6 Å². The summed E-state index contributed by atoms with van der Waals surface area (Å²) in [6.07, 6.45) is 1.46. The summed E-state index contributed by atoms with van der Waals surface area (Å²) in [7, 11) is 3.28. The molecule has 0 aliphatic carbocycles. The molecule has 1 saturated heterocycles. The fourth-order valence-corrected chi connectivity index (χ4v) is 2.13. The minimum atomic E-state index is -0.641. The van der Waals surface area contributed by atoms with Crippen LogP contribution in [0, 0.1) is 5.92 Å². The summed E-state index contributed by atoms with van der Waals surface area (Å²) < 4.78 is 10.5. The molecule has 1 fully saturated rings. The standard InChI is InChI=1S/C12H24N2O3/c1-10(9-16-2)8-14-11(15)12(17-3)4-6-13-7-5-12/h10,13H,4-9H2,1-3H3,(H,14,15). The van der Waals surface area contributed by atoms with Gasteiger partial charge in [-0.3, -0.25) is 4.79 Å². The van der Waals surface area contributed by atoms with Crippen LogP contribution in [0.2, 0.25) is 0 Å². The zero-order valence-electron chi connectivity index (χ0n) is 11.0. The molecule has 0 radical (unpaired) electrons. The minimum absolute atomic E-state index is 0.00412. The molecule has 0 saturated carbocycles. The van der Waals surface area contributed by atoms with Gasteiger partial charge in [0, 0.05) is 20.8 Å². The molecule has 5 nitrogen and oxygen atoms in total. The van der Waals surface area contributed by atoms with Gasteiger partial charge in [0.25, 0.3) is 5.91 Å². The first-order valence-corrected chi connectivity index (χ1v) is 6.18. The Morgan fingerprint density at radius 2 is 2.06 bits per heavy atom. The van der Waals surface area contributed by atoms with E-state index in [1.807, 2.05) is 6.92 Å². The number of ether oxygens (including phenoxy) is 2. The number of carbonyl (C=O) groups excluding carboxylic acids is 1. The van der Waals surface area contributed by atoms with Crippen molar-refractivity contribution in [3.63, 3.8) is 0 Å². The molecule has 1 amide bonds. The Hall–Kier alpha value is -0.650. The van der Waals surface area contributed by atoms with E-state index in [9.17, 15) is 4.79 Å². The van der Waals surface area contributed by atoms with Crippen LogP contribution in [0.25, 0.3) is 0 Å². The van der Waals surface area contributed by atoms with Crippen molar-refractivity contribution in [3.8, 4) is 0 Å². The van der Waals surface area contributed by atoms with Gasteiger partial charge in [0.05, 0.1) is 6.61 Å². The normalized spacial score (nSPS) is 20.9. The third-order valence-corrected chi connectivity index (χ3v) is 3.28. The fourth-order valence-electron chi connectivity index (χ4n) is 2.13. The molecule has 1 heterocycles. The van der Waals surface area contributed by atoms with Gasteiger partial charge in [0.1, 0.15) is 5.60 Å². The van der Waals surface area contributed by atoms with E-state index in [0.29, 0.717) is 19.1 Å². The number of amides is 1. The first-order valence-electron chi connectivity index (χ1n) is 6.18. The molecule has 1 aliphatic rings. The first kappa shape index (κ1) is 14.4. The number of carbonyl (C=O) groups is 1. The topological polar surface area (TPSA) is 59.6 Å². The molecule has 1 unspecified atom stereocenters. The lowest BCUT2D eigenvalue weighted by molar-refractivity contribution is -0.146. The molecule has 5 heteroatoms. The average Bonchev–Trinajstić information content (AvgIpc) is 2.37. The van der Waals surface area contributed by atoms with Crippen LogP contribution in [-0.4, -0.2) is 52.0 Å². The minimum Gasteiger partial charge on any atom is -0.384 e. The van der Waals surface area contributed by atoms with Crippen molar-refractivity contribution in [3.05, 3.63) is 0 Å². The van der Waals surface area contributed by atoms with Crippen molar-refractivity contribution in [1.82, 2.24) is 10.6 Å². The quantitative estimate of drug-likeness (QED) is 0.698. The molecule has 1 atom stereocenters. The van der Waals surface area contributed by atoms with Crippen molar-refractivity contribution in [1.29, 1.82) is 0 Å². The number of nitrogens with one attached hydrogen (secondary N) is 2. The van der Waals surface area contributed by atoms with E-state index in [4.69, 9.17) is 9.47 Å². The molecule has 0 spiro atoms. The molecule has 1 aliphatic heterocycles. The van der Waals surface area contributed by atoms with Gasteiger partial charge >= 0.3 is 0 Å². The molecule has 0 aromatic rings. The van der Waals surface area contributed by atoms with Gasteiger partial charge in [-0.25, -0.2) is 0 Å². The highest BCUT2D eigenvalue weighted by atomic mass is 16.5. The number of hydrogen-bond acceptors (Lipinski definition) is 4. The molecule has 17 heavy (non-hydrogen) atoms. The zero-order chi connectivity index (χ0) is 12.7. The lowest BCUT2D eigenvalue weighted by atomic mass is 9.91. The summed E-state index contributed by atoms with van der Waals surface area (Å²) in [6.45, 7) is 4.99. The van der Waals surface area contributed by atoms with Gasteiger partial charge in [-0.05, 0) is 31.8 Å². The third kappa shape index (κ3) is 3.94. The molecule has 2 N–H and O–H groups in total. The van der Waals surface area contributed by atoms with E-state index >= 15 is 0 Å². The van der Waals surface area contributed by atoms with Crippen LogP contribution in [-0.2, 0) is 14.3 Å². The average molecular weight is 244 g/mol. The van der Waals surface area contributed by atoms with Crippen molar-refractivity contribution < 1.29 is 14.3 Å². The Kier molecular flexibility index (Phi) is 5.88. The van der Waals surface area contributed by atoms with Crippen LogP contribution in [0.1, 0.15) is 19.8 Å². The maximum Gasteiger partial charge on any atom is 0.252 e. The molecule has 0 aromatic carbocycles. The van der Waals surface area contributed by atoms with Gasteiger partial charge in [0.15, 0.2) is 0 Å². The Balaban J connectivity index is 2.43. The van der Waals surface area contributed by atoms with Gasteiger partial charge in [0.2, 0.25) is 0 Å². The van der Waals surface area contributed by atoms with E-state index in [2.05, 4.69) is 10.6 Å². The molecular weight excluding hydrogens is 220 g/mol. The van der Waals surface area contributed by atoms with Gasteiger partial charge in [-0.1, -0.05) is 6.92 Å².